The lowest BCUT2D eigenvalue weighted by Crippen LogP contribution is -2.19. The number of hydrogen-bond donors (Lipinski definition) is 0. The summed E-state index contributed by atoms with van der Waals surface area (Å²) in [6, 6.07) is 10.2. The zero-order chi connectivity index (χ0) is 19.3. The molecule has 1 aliphatic rings. The Morgan fingerprint density at radius 3 is 2.63 bits per heavy atom. The van der Waals surface area contributed by atoms with E-state index in [0.717, 1.165) is 11.4 Å². The van der Waals surface area contributed by atoms with Gasteiger partial charge in [0.05, 0.1) is 27.4 Å². The van der Waals surface area contributed by atoms with Gasteiger partial charge in [0.15, 0.2) is 5.82 Å². The Bertz CT molecular complexity index is 1130. The Morgan fingerprint density at radius 2 is 1.93 bits per heavy atom. The number of halogens is 1. The maximum Gasteiger partial charge on any atom is 0.270 e. The number of benzene rings is 2. The van der Waals surface area contributed by atoms with Gasteiger partial charge in [-0.05, 0) is 32.0 Å². The van der Waals surface area contributed by atoms with Crippen LogP contribution in [0.5, 0.6) is 0 Å². The summed E-state index contributed by atoms with van der Waals surface area (Å²) < 4.78 is 16.9. The van der Waals surface area contributed by atoms with E-state index in [1.54, 1.807) is 16.7 Å². The summed E-state index contributed by atoms with van der Waals surface area (Å²) in [6.07, 6.45) is 0. The van der Waals surface area contributed by atoms with Crippen molar-refractivity contribution < 1.29 is 14.1 Å². The van der Waals surface area contributed by atoms with Crippen molar-refractivity contribution in [1.82, 2.24) is 9.55 Å². The molecule has 0 N–H and O–H groups in total. The summed E-state index contributed by atoms with van der Waals surface area (Å²) in [5.74, 6) is -0.0697. The minimum absolute atomic E-state index is 0.0503. The van der Waals surface area contributed by atoms with Crippen molar-refractivity contribution in [3.8, 4) is 5.69 Å². The second-order valence-corrected chi connectivity index (χ2v) is 6.36. The molecule has 7 nitrogen and oxygen atoms in total. The van der Waals surface area contributed by atoms with Gasteiger partial charge in [-0.15, -0.1) is 0 Å². The first-order valence-electron chi connectivity index (χ1n) is 8.29. The molecule has 1 aliphatic heterocycles. The molecule has 0 radical (unpaired) electrons. The van der Waals surface area contributed by atoms with Gasteiger partial charge in [-0.25, -0.2) is 9.37 Å². The van der Waals surface area contributed by atoms with Crippen LogP contribution in [-0.4, -0.2) is 24.9 Å². The zero-order valence-corrected chi connectivity index (χ0v) is 14.6. The summed E-state index contributed by atoms with van der Waals surface area (Å²) in [6.45, 7) is 3.60. The molecule has 0 unspecified atom stereocenters. The molecule has 0 saturated heterocycles. The summed E-state index contributed by atoms with van der Waals surface area (Å²) in [4.78, 5) is 15.2. The molecule has 1 aromatic heterocycles. The highest BCUT2D eigenvalue weighted by Gasteiger charge is 2.31. The van der Waals surface area contributed by atoms with Crippen LogP contribution in [0.4, 0.5) is 10.1 Å². The number of nitro groups is 1. The van der Waals surface area contributed by atoms with Crippen LogP contribution in [-0.2, 0) is 6.54 Å². The molecule has 8 heteroatoms. The van der Waals surface area contributed by atoms with E-state index < -0.39 is 10.7 Å². The lowest BCUT2D eigenvalue weighted by molar-refractivity contribution is -0.475. The van der Waals surface area contributed by atoms with E-state index in [-0.39, 0.29) is 23.5 Å². The average molecular weight is 366 g/mol. The van der Waals surface area contributed by atoms with Crippen molar-refractivity contribution in [2.45, 2.75) is 20.4 Å². The van der Waals surface area contributed by atoms with Crippen molar-refractivity contribution in [1.29, 1.82) is 0 Å². The largest absolute Gasteiger partial charge is 0.623 e. The van der Waals surface area contributed by atoms with Crippen LogP contribution in [0.1, 0.15) is 28.3 Å². The van der Waals surface area contributed by atoms with Crippen LogP contribution in [0.25, 0.3) is 5.69 Å². The molecule has 0 amide bonds. The van der Waals surface area contributed by atoms with Crippen LogP contribution in [0.15, 0.2) is 42.5 Å². The van der Waals surface area contributed by atoms with Gasteiger partial charge in [-0.3, -0.25) is 14.7 Å². The average Bonchev–Trinajstić information content (AvgIpc) is 2.83. The molecule has 0 atom stereocenters. The molecule has 0 bridgehead atoms. The first-order chi connectivity index (χ1) is 12.9. The maximum absolute atomic E-state index is 14.5. The smallest absolute Gasteiger partial charge is 0.270 e. The van der Waals surface area contributed by atoms with Gasteiger partial charge >= 0.3 is 0 Å². The Kier molecular flexibility index (Phi) is 3.76. The van der Waals surface area contributed by atoms with Gasteiger partial charge in [0.2, 0.25) is 12.3 Å². The number of rotatable bonds is 2. The fourth-order valence-electron chi connectivity index (χ4n) is 3.40. The minimum Gasteiger partial charge on any atom is -0.623 e. The Morgan fingerprint density at radius 1 is 1.19 bits per heavy atom. The first kappa shape index (κ1) is 16.9. The predicted octanol–water partition coefficient (Wildman–Crippen LogP) is 3.40. The standard InChI is InChI=1S/C19H15FN4O3/c1-11-12(2)23-17-8-7-13(24(26)27)9-15(17)19(22(25)10-18(23)21-11)14-5-3-4-6-16(14)20/h3-9H,10H2,1-2H3. The number of aryl methyl sites for hydroxylation is 1. The second kappa shape index (κ2) is 6.01. The van der Waals surface area contributed by atoms with E-state index in [0.29, 0.717) is 21.8 Å². The molecular weight excluding hydrogens is 351 g/mol. The van der Waals surface area contributed by atoms with Crippen molar-refractivity contribution in [2.24, 2.45) is 0 Å². The van der Waals surface area contributed by atoms with Crippen LogP contribution in [0.3, 0.4) is 0 Å². The number of hydrogen-bond acceptors (Lipinski definition) is 4. The Hall–Kier alpha value is -3.55. The van der Waals surface area contributed by atoms with Crippen LogP contribution in [0, 0.1) is 35.0 Å². The molecule has 136 valence electrons. The van der Waals surface area contributed by atoms with Gasteiger partial charge in [0.25, 0.3) is 5.69 Å². The third-order valence-corrected chi connectivity index (χ3v) is 4.76. The highest BCUT2D eigenvalue weighted by atomic mass is 19.1. The van der Waals surface area contributed by atoms with E-state index in [4.69, 9.17) is 0 Å². The van der Waals surface area contributed by atoms with Crippen molar-refractivity contribution in [3.63, 3.8) is 0 Å². The maximum atomic E-state index is 14.5. The molecule has 2 aromatic carbocycles. The number of imidazole rings is 1. The van der Waals surface area contributed by atoms with Crippen LogP contribution >= 0.6 is 0 Å². The molecule has 3 aromatic rings. The van der Waals surface area contributed by atoms with Crippen LogP contribution < -0.4 is 0 Å². The monoisotopic (exact) mass is 366 g/mol. The topological polar surface area (TPSA) is 87.0 Å². The molecule has 4 rings (SSSR count). The summed E-state index contributed by atoms with van der Waals surface area (Å²) in [5, 5.41) is 24.3. The van der Waals surface area contributed by atoms with Crippen molar-refractivity contribution >= 4 is 11.4 Å². The quantitative estimate of drug-likeness (QED) is 0.301. The Balaban J connectivity index is 2.10. The Labute approximate surface area is 153 Å². The number of fused-ring (bicyclic) bond motifs is 3. The van der Waals surface area contributed by atoms with E-state index in [1.165, 1.54) is 30.3 Å². The fourth-order valence-corrected chi connectivity index (χ4v) is 3.40. The zero-order valence-electron chi connectivity index (χ0n) is 14.6. The first-order valence-corrected chi connectivity index (χ1v) is 8.29. The van der Waals surface area contributed by atoms with Gasteiger partial charge < -0.3 is 5.21 Å². The minimum atomic E-state index is -0.571. The highest BCUT2D eigenvalue weighted by Crippen LogP contribution is 2.30. The van der Waals surface area contributed by atoms with E-state index >= 15 is 0 Å². The van der Waals surface area contributed by atoms with Gasteiger partial charge in [0, 0.05) is 17.8 Å². The van der Waals surface area contributed by atoms with Gasteiger partial charge in [-0.2, -0.15) is 4.74 Å². The lowest BCUT2D eigenvalue weighted by Gasteiger charge is -2.12. The number of hydroxylamine groups is 1. The summed E-state index contributed by atoms with van der Waals surface area (Å²) >= 11 is 0. The van der Waals surface area contributed by atoms with Crippen molar-refractivity contribution in [3.05, 3.63) is 91.9 Å². The van der Waals surface area contributed by atoms with Gasteiger partial charge in [0.1, 0.15) is 5.82 Å². The van der Waals surface area contributed by atoms with Crippen molar-refractivity contribution in [2.75, 3.05) is 0 Å². The second-order valence-electron chi connectivity index (χ2n) is 6.36. The number of non-ortho nitro benzene ring substituents is 1. The van der Waals surface area contributed by atoms with E-state index in [1.807, 2.05) is 13.8 Å². The third kappa shape index (κ3) is 2.57. The van der Waals surface area contributed by atoms with Gasteiger partial charge in [-0.1, -0.05) is 12.1 Å². The summed E-state index contributed by atoms with van der Waals surface area (Å²) in [5.41, 5.74) is 2.41. The molecule has 27 heavy (non-hydrogen) atoms. The molecule has 0 fully saturated rings. The third-order valence-electron chi connectivity index (χ3n) is 4.76. The number of aromatic nitrogens is 2. The lowest BCUT2D eigenvalue weighted by atomic mass is 9.99. The molecule has 0 aliphatic carbocycles. The normalized spacial score (nSPS) is 13.1. The predicted molar refractivity (Wildman–Crippen MR) is 96.6 cm³/mol. The fraction of sp³-hybridized carbons (Fsp3) is 0.158. The summed E-state index contributed by atoms with van der Waals surface area (Å²) in [7, 11) is 0. The van der Waals surface area contributed by atoms with Crippen LogP contribution in [0.2, 0.25) is 0 Å². The molecule has 0 saturated carbocycles. The molecule has 0 spiro atoms. The molecule has 2 heterocycles. The highest BCUT2D eigenvalue weighted by molar-refractivity contribution is 6.12. The SMILES string of the molecule is Cc1nc2n(c1C)-c1ccc([N+](=O)[O-])cc1C(c1ccccc1F)=[N+]([O-])C2. The molecular formula is C19H15FN4O3. The van der Waals surface area contributed by atoms with E-state index in [2.05, 4.69) is 4.98 Å². The number of nitro benzene ring substituents is 1. The van der Waals surface area contributed by atoms with E-state index in [9.17, 15) is 19.7 Å². The number of nitrogens with zero attached hydrogens (tertiary/aromatic N) is 4.